The summed E-state index contributed by atoms with van der Waals surface area (Å²) in [7, 11) is 1.32. The normalized spacial score (nSPS) is 11.9. The molecule has 2 N–H and O–H groups in total. The Balaban J connectivity index is 1.57. The van der Waals surface area contributed by atoms with Crippen molar-refractivity contribution < 1.29 is 9.53 Å². The average Bonchev–Trinajstić information content (AvgIpc) is 3.50. The predicted octanol–water partition coefficient (Wildman–Crippen LogP) is 3.26. The number of nitrogens with zero attached hydrogens (tertiary/aromatic N) is 4. The van der Waals surface area contributed by atoms with Crippen molar-refractivity contribution >= 4 is 45.0 Å². The number of benzene rings is 1. The van der Waals surface area contributed by atoms with E-state index in [2.05, 4.69) is 25.0 Å². The maximum absolute atomic E-state index is 13.3. The van der Waals surface area contributed by atoms with E-state index in [0.717, 1.165) is 33.1 Å². The standard InChI is InChI=1S/C22H24N6O3S2/c1-13-17(25-12-24-13)11-32-9-8-23-14(2)20-16(10-19(29)31-3)27-28(21(20)30)22-26-15-6-4-5-7-18(15)33-22/h4-7,12,27H,8-11H2,1-3H3,(H,24,25). The van der Waals surface area contributed by atoms with Gasteiger partial charge in [0.25, 0.3) is 5.56 Å². The number of esters is 1. The summed E-state index contributed by atoms with van der Waals surface area (Å²) in [6.07, 6.45) is 1.64. The lowest BCUT2D eigenvalue weighted by molar-refractivity contribution is -0.139. The fourth-order valence-electron chi connectivity index (χ4n) is 3.35. The number of rotatable bonds is 9. The third kappa shape index (κ3) is 5.09. The van der Waals surface area contributed by atoms with Crippen LogP contribution in [0, 0.1) is 6.92 Å². The van der Waals surface area contributed by atoms with E-state index >= 15 is 0 Å². The van der Waals surface area contributed by atoms with Crippen molar-refractivity contribution in [1.29, 1.82) is 0 Å². The Morgan fingerprint density at radius 1 is 1.33 bits per heavy atom. The monoisotopic (exact) mass is 484 g/mol. The largest absolute Gasteiger partial charge is 0.469 e. The highest BCUT2D eigenvalue weighted by molar-refractivity contribution is 7.98. The Morgan fingerprint density at radius 2 is 2.15 bits per heavy atom. The first-order valence-corrected chi connectivity index (χ1v) is 12.3. The van der Waals surface area contributed by atoms with Crippen LogP contribution in [0.3, 0.4) is 0 Å². The third-order valence-electron chi connectivity index (χ3n) is 5.11. The second-order valence-corrected chi connectivity index (χ2v) is 9.43. The first kappa shape index (κ1) is 23.0. The number of carbonyl (C=O) groups is 1. The van der Waals surface area contributed by atoms with Gasteiger partial charge in [-0.1, -0.05) is 23.5 Å². The molecule has 11 heteroatoms. The fourth-order valence-corrected chi connectivity index (χ4v) is 5.12. The highest BCUT2D eigenvalue weighted by Crippen LogP contribution is 2.24. The lowest BCUT2D eigenvalue weighted by Gasteiger charge is -2.02. The molecule has 0 unspecified atom stereocenters. The van der Waals surface area contributed by atoms with E-state index < -0.39 is 5.97 Å². The van der Waals surface area contributed by atoms with Crippen molar-refractivity contribution in [1.82, 2.24) is 24.7 Å². The molecule has 33 heavy (non-hydrogen) atoms. The minimum atomic E-state index is -0.438. The maximum Gasteiger partial charge on any atom is 0.311 e. The van der Waals surface area contributed by atoms with Crippen LogP contribution < -0.4 is 5.56 Å². The number of fused-ring (bicyclic) bond motifs is 1. The van der Waals surface area contributed by atoms with Crippen LogP contribution in [0.1, 0.15) is 29.6 Å². The number of imidazole rings is 1. The van der Waals surface area contributed by atoms with Gasteiger partial charge in [0.05, 0.1) is 47.0 Å². The molecule has 172 valence electrons. The number of para-hydroxylation sites is 1. The first-order chi connectivity index (χ1) is 16.0. The Bertz CT molecular complexity index is 1330. The van der Waals surface area contributed by atoms with E-state index in [0.29, 0.717) is 28.6 Å². The second-order valence-electron chi connectivity index (χ2n) is 7.32. The van der Waals surface area contributed by atoms with Gasteiger partial charge in [-0.15, -0.1) is 0 Å². The SMILES string of the molecule is COC(=O)Cc1[nH]n(-c2nc3ccccc3s2)c(=O)c1C(C)=NCCSCc1nc[nH]c1C. The number of aromatic amines is 2. The van der Waals surface area contributed by atoms with Gasteiger partial charge in [0.15, 0.2) is 0 Å². The molecule has 0 amide bonds. The van der Waals surface area contributed by atoms with Crippen LogP contribution in [-0.4, -0.2) is 55.8 Å². The van der Waals surface area contributed by atoms with Crippen molar-refractivity contribution in [2.24, 2.45) is 4.99 Å². The van der Waals surface area contributed by atoms with Gasteiger partial charge in [-0.05, 0) is 26.0 Å². The topological polar surface area (TPSA) is 118 Å². The van der Waals surface area contributed by atoms with Crippen LogP contribution in [0.25, 0.3) is 15.3 Å². The molecule has 0 atom stereocenters. The molecule has 0 aliphatic rings. The van der Waals surface area contributed by atoms with Gasteiger partial charge < -0.3 is 9.72 Å². The Hall–Kier alpha value is -3.18. The molecule has 4 aromatic rings. The smallest absolute Gasteiger partial charge is 0.311 e. The molecule has 3 heterocycles. The van der Waals surface area contributed by atoms with Gasteiger partial charge in [-0.2, -0.15) is 16.4 Å². The molecular formula is C22H24N6O3S2. The van der Waals surface area contributed by atoms with Crippen LogP contribution in [0.5, 0.6) is 0 Å². The zero-order valence-corrected chi connectivity index (χ0v) is 20.2. The number of aryl methyl sites for hydroxylation is 1. The quantitative estimate of drug-likeness (QED) is 0.214. The molecule has 0 fully saturated rings. The highest BCUT2D eigenvalue weighted by Gasteiger charge is 2.21. The van der Waals surface area contributed by atoms with Crippen LogP contribution in [0.4, 0.5) is 0 Å². The van der Waals surface area contributed by atoms with Gasteiger partial charge in [0.1, 0.15) is 0 Å². The van der Waals surface area contributed by atoms with E-state index in [1.807, 2.05) is 31.2 Å². The Morgan fingerprint density at radius 3 is 2.88 bits per heavy atom. The van der Waals surface area contributed by atoms with Crippen LogP contribution in [-0.2, 0) is 21.7 Å². The van der Waals surface area contributed by atoms with Crippen molar-refractivity contribution in [3.63, 3.8) is 0 Å². The van der Waals surface area contributed by atoms with E-state index in [4.69, 9.17) is 4.74 Å². The molecule has 0 saturated heterocycles. The van der Waals surface area contributed by atoms with Crippen molar-refractivity contribution in [3.05, 3.63) is 63.6 Å². The van der Waals surface area contributed by atoms with Gasteiger partial charge >= 0.3 is 5.97 Å². The Kier molecular flexibility index (Phi) is 7.09. The summed E-state index contributed by atoms with van der Waals surface area (Å²) >= 11 is 3.13. The molecule has 4 rings (SSSR count). The number of thioether (sulfide) groups is 1. The number of carbonyl (C=O) groups excluding carboxylic acids is 1. The Labute approximate surface area is 198 Å². The van der Waals surface area contributed by atoms with Crippen molar-refractivity contribution in [2.45, 2.75) is 26.0 Å². The third-order valence-corrected chi connectivity index (χ3v) is 7.08. The van der Waals surface area contributed by atoms with E-state index in [9.17, 15) is 9.59 Å². The van der Waals surface area contributed by atoms with Crippen molar-refractivity contribution in [3.8, 4) is 5.13 Å². The first-order valence-electron chi connectivity index (χ1n) is 10.3. The average molecular weight is 485 g/mol. The lowest BCUT2D eigenvalue weighted by atomic mass is 10.1. The summed E-state index contributed by atoms with van der Waals surface area (Å²) in [4.78, 5) is 41.8. The number of nitrogens with one attached hydrogen (secondary N) is 2. The summed E-state index contributed by atoms with van der Waals surface area (Å²) in [5.41, 5.74) is 4.05. The van der Waals surface area contributed by atoms with Crippen molar-refractivity contribution in [2.75, 3.05) is 19.4 Å². The summed E-state index contributed by atoms with van der Waals surface area (Å²) in [6, 6.07) is 7.68. The van der Waals surface area contributed by atoms with Gasteiger partial charge in [0, 0.05) is 29.5 Å². The number of aromatic nitrogens is 5. The summed E-state index contributed by atoms with van der Waals surface area (Å²) in [6.45, 7) is 4.33. The number of hydrogen-bond acceptors (Lipinski definition) is 8. The zero-order chi connectivity index (χ0) is 23.4. The maximum atomic E-state index is 13.3. The van der Waals surface area contributed by atoms with E-state index in [1.54, 1.807) is 25.0 Å². The molecule has 3 aromatic heterocycles. The number of hydrogen-bond donors (Lipinski definition) is 2. The molecule has 0 spiro atoms. The predicted molar refractivity (Wildman–Crippen MR) is 132 cm³/mol. The minimum Gasteiger partial charge on any atom is -0.469 e. The van der Waals surface area contributed by atoms with Crippen LogP contribution >= 0.6 is 23.1 Å². The summed E-state index contributed by atoms with van der Waals surface area (Å²) < 4.78 is 7.17. The second kappa shape index (κ2) is 10.2. The number of methoxy groups -OCH3 is 1. The molecular weight excluding hydrogens is 460 g/mol. The zero-order valence-electron chi connectivity index (χ0n) is 18.5. The van der Waals surface area contributed by atoms with E-state index in [-0.39, 0.29) is 12.0 Å². The molecule has 0 aliphatic heterocycles. The van der Waals surface area contributed by atoms with Crippen LogP contribution in [0.2, 0.25) is 0 Å². The molecule has 1 aromatic carbocycles. The van der Waals surface area contributed by atoms with Gasteiger partial charge in [0.2, 0.25) is 5.13 Å². The molecule has 0 radical (unpaired) electrons. The number of ether oxygens (including phenoxy) is 1. The molecule has 9 nitrogen and oxygen atoms in total. The molecule has 0 saturated carbocycles. The van der Waals surface area contributed by atoms with Gasteiger partial charge in [-0.3, -0.25) is 19.7 Å². The number of thiazole rings is 1. The van der Waals surface area contributed by atoms with Crippen LogP contribution in [0.15, 0.2) is 40.4 Å². The van der Waals surface area contributed by atoms with E-state index in [1.165, 1.54) is 23.1 Å². The molecule has 0 bridgehead atoms. The lowest BCUT2D eigenvalue weighted by Crippen LogP contribution is -2.20. The minimum absolute atomic E-state index is 0.0565. The van der Waals surface area contributed by atoms with Gasteiger partial charge in [-0.25, -0.2) is 9.97 Å². The fraction of sp³-hybridized carbons (Fsp3) is 0.318. The highest BCUT2D eigenvalue weighted by atomic mass is 32.2. The number of aliphatic imine (C=N–C) groups is 1. The number of H-pyrrole nitrogens is 2. The molecule has 0 aliphatic carbocycles. The summed E-state index contributed by atoms with van der Waals surface area (Å²) in [5.74, 6) is 1.14. The summed E-state index contributed by atoms with van der Waals surface area (Å²) in [5, 5.41) is 3.56.